The number of hydrogen-bond acceptors (Lipinski definition) is 3. The van der Waals surface area contributed by atoms with Crippen LogP contribution in [0.2, 0.25) is 0 Å². The molecule has 0 saturated carbocycles. The highest BCUT2D eigenvalue weighted by atomic mass is 16.2. The third-order valence-electron chi connectivity index (χ3n) is 4.26. The Balaban J connectivity index is 1.69. The van der Waals surface area contributed by atoms with Crippen LogP contribution in [-0.2, 0) is 4.79 Å². The molecule has 0 spiro atoms. The minimum Gasteiger partial charge on any atom is -0.320 e. The second kappa shape index (κ2) is 8.07. The molecular weight excluding hydrogens is 338 g/mol. The Hall–Kier alpha value is -3.78. The third kappa shape index (κ3) is 4.25. The first-order chi connectivity index (χ1) is 13.1. The minimum absolute atomic E-state index is 0.0579. The largest absolute Gasteiger partial charge is 0.320 e. The van der Waals surface area contributed by atoms with Crippen LogP contribution in [0.25, 0.3) is 0 Å². The van der Waals surface area contributed by atoms with Crippen LogP contribution in [0.5, 0.6) is 0 Å². The molecule has 5 nitrogen and oxygen atoms in total. The fourth-order valence-electron chi connectivity index (χ4n) is 2.61. The van der Waals surface area contributed by atoms with Crippen LogP contribution >= 0.6 is 0 Å². The average Bonchev–Trinajstić information content (AvgIpc) is 2.74. The van der Waals surface area contributed by atoms with Crippen LogP contribution in [-0.4, -0.2) is 11.7 Å². The van der Waals surface area contributed by atoms with E-state index in [9.17, 15) is 9.59 Å². The molecule has 0 bridgehead atoms. The number of nitrogens with zero attached hydrogens (tertiary/aromatic N) is 2. The maximum Gasteiger partial charge on any atom is 0.293 e. The summed E-state index contributed by atoms with van der Waals surface area (Å²) in [4.78, 5) is 24.9. The van der Waals surface area contributed by atoms with Gasteiger partial charge in [0.2, 0.25) is 6.04 Å². The number of ketones is 1. The summed E-state index contributed by atoms with van der Waals surface area (Å²) in [6.07, 6.45) is 3.44. The van der Waals surface area contributed by atoms with Crippen molar-refractivity contribution >= 4 is 17.4 Å². The van der Waals surface area contributed by atoms with Gasteiger partial charge in [-0.05, 0) is 24.3 Å². The fourth-order valence-corrected chi connectivity index (χ4v) is 2.61. The number of nitrogens with one attached hydrogen (secondary N) is 1. The van der Waals surface area contributed by atoms with Crippen LogP contribution in [0, 0.1) is 11.3 Å². The highest BCUT2D eigenvalue weighted by molar-refractivity contribution is 6.08. The SMILES string of the molecule is C[C@H](C(=O)Nc1ccc(C#N)cc1)[n+]1ccc(C(=O)c2ccccc2)cc1. The van der Waals surface area contributed by atoms with Crippen molar-refractivity contribution in [1.29, 1.82) is 5.26 Å². The first-order valence-electron chi connectivity index (χ1n) is 8.50. The van der Waals surface area contributed by atoms with Gasteiger partial charge >= 0.3 is 0 Å². The van der Waals surface area contributed by atoms with E-state index in [1.165, 1.54) is 0 Å². The number of nitriles is 1. The van der Waals surface area contributed by atoms with E-state index in [2.05, 4.69) is 5.32 Å². The molecule has 0 radical (unpaired) electrons. The summed E-state index contributed by atoms with van der Waals surface area (Å²) in [6, 6.07) is 20.7. The van der Waals surface area contributed by atoms with Crippen molar-refractivity contribution in [2.45, 2.75) is 13.0 Å². The van der Waals surface area contributed by atoms with Gasteiger partial charge in [-0.1, -0.05) is 30.3 Å². The molecule has 1 N–H and O–H groups in total. The Kier molecular flexibility index (Phi) is 5.38. The fraction of sp³-hybridized carbons (Fsp3) is 0.0909. The molecule has 3 rings (SSSR count). The van der Waals surface area contributed by atoms with Gasteiger partial charge < -0.3 is 5.32 Å². The molecule has 132 valence electrons. The molecule has 0 aliphatic heterocycles. The smallest absolute Gasteiger partial charge is 0.293 e. The zero-order valence-electron chi connectivity index (χ0n) is 14.8. The number of anilines is 1. The molecule has 27 heavy (non-hydrogen) atoms. The molecule has 0 aliphatic carbocycles. The maximum atomic E-state index is 12.4. The van der Waals surface area contributed by atoms with Crippen LogP contribution in [0.15, 0.2) is 79.1 Å². The second-order valence-corrected chi connectivity index (χ2v) is 6.08. The Morgan fingerprint density at radius 1 is 0.926 bits per heavy atom. The molecule has 0 saturated heterocycles. The molecule has 0 fully saturated rings. The van der Waals surface area contributed by atoms with Crippen molar-refractivity contribution in [3.63, 3.8) is 0 Å². The third-order valence-corrected chi connectivity index (χ3v) is 4.26. The normalized spacial score (nSPS) is 11.3. The summed E-state index contributed by atoms with van der Waals surface area (Å²) in [5, 5.41) is 11.6. The maximum absolute atomic E-state index is 12.4. The first kappa shape index (κ1) is 18.0. The summed E-state index contributed by atoms with van der Waals surface area (Å²) >= 11 is 0. The Bertz CT molecular complexity index is 988. The van der Waals surface area contributed by atoms with Crippen LogP contribution in [0.3, 0.4) is 0 Å². The minimum atomic E-state index is -0.457. The molecule has 3 aromatic rings. The Morgan fingerprint density at radius 3 is 2.11 bits per heavy atom. The van der Waals surface area contributed by atoms with Crippen LogP contribution in [0.4, 0.5) is 5.69 Å². The van der Waals surface area contributed by atoms with Gasteiger partial charge in [0.05, 0.1) is 11.6 Å². The van der Waals surface area contributed by atoms with E-state index in [0.717, 1.165) is 0 Å². The number of hydrogen-bond donors (Lipinski definition) is 1. The Labute approximate surface area is 157 Å². The summed E-state index contributed by atoms with van der Waals surface area (Å²) in [5.74, 6) is -0.246. The molecule has 1 aromatic heterocycles. The molecule has 0 unspecified atom stereocenters. The lowest BCUT2D eigenvalue weighted by Crippen LogP contribution is -2.44. The van der Waals surface area contributed by atoms with Crippen molar-refractivity contribution in [1.82, 2.24) is 0 Å². The topological polar surface area (TPSA) is 73.8 Å². The molecular formula is C22H18N3O2+. The average molecular weight is 356 g/mol. The van der Waals surface area contributed by atoms with E-state index >= 15 is 0 Å². The van der Waals surface area contributed by atoms with Crippen molar-refractivity contribution in [2.75, 3.05) is 5.32 Å². The van der Waals surface area contributed by atoms with E-state index in [4.69, 9.17) is 5.26 Å². The van der Waals surface area contributed by atoms with E-state index in [-0.39, 0.29) is 11.7 Å². The van der Waals surface area contributed by atoms with E-state index in [0.29, 0.717) is 22.4 Å². The number of carbonyl (C=O) groups excluding carboxylic acids is 2. The quantitative estimate of drug-likeness (QED) is 0.563. The summed E-state index contributed by atoms with van der Waals surface area (Å²) in [5.41, 5.74) is 2.36. The van der Waals surface area contributed by atoms with Crippen molar-refractivity contribution in [3.8, 4) is 6.07 Å². The lowest BCUT2D eigenvalue weighted by Gasteiger charge is -2.09. The van der Waals surface area contributed by atoms with Crippen molar-refractivity contribution in [2.24, 2.45) is 0 Å². The van der Waals surface area contributed by atoms with Crippen molar-refractivity contribution in [3.05, 3.63) is 95.8 Å². The summed E-state index contributed by atoms with van der Waals surface area (Å²) in [7, 11) is 0. The molecule has 0 aliphatic rings. The number of rotatable bonds is 5. The predicted molar refractivity (Wildman–Crippen MR) is 101 cm³/mol. The van der Waals surface area contributed by atoms with Crippen LogP contribution < -0.4 is 9.88 Å². The van der Waals surface area contributed by atoms with Gasteiger partial charge in [0, 0.05) is 35.9 Å². The standard InChI is InChI=1S/C22H17N3O2/c1-16(22(27)24-20-9-7-17(15-23)8-10-20)25-13-11-19(12-14-25)21(26)18-5-3-2-4-6-18/h2-14,16H,1H3/p+1/t16-/m1/s1. The van der Waals surface area contributed by atoms with Gasteiger partial charge in [0.15, 0.2) is 18.2 Å². The van der Waals surface area contributed by atoms with Gasteiger partial charge in [-0.3, -0.25) is 9.59 Å². The highest BCUT2D eigenvalue weighted by Crippen LogP contribution is 2.11. The van der Waals surface area contributed by atoms with E-state index < -0.39 is 6.04 Å². The molecule has 2 aromatic carbocycles. The van der Waals surface area contributed by atoms with Gasteiger partial charge in [-0.15, -0.1) is 0 Å². The lowest BCUT2D eigenvalue weighted by molar-refractivity contribution is -0.705. The van der Waals surface area contributed by atoms with E-state index in [1.54, 1.807) is 72.4 Å². The zero-order chi connectivity index (χ0) is 19.2. The van der Waals surface area contributed by atoms with Gasteiger partial charge in [-0.25, -0.2) is 0 Å². The number of carbonyl (C=O) groups is 2. The molecule has 5 heteroatoms. The predicted octanol–water partition coefficient (Wildman–Crippen LogP) is 3.28. The second-order valence-electron chi connectivity index (χ2n) is 6.08. The monoisotopic (exact) mass is 356 g/mol. The number of amides is 1. The van der Waals surface area contributed by atoms with Gasteiger partial charge in [0.1, 0.15) is 0 Å². The van der Waals surface area contributed by atoms with Crippen molar-refractivity contribution < 1.29 is 14.2 Å². The summed E-state index contributed by atoms with van der Waals surface area (Å²) < 4.78 is 1.74. The zero-order valence-corrected chi connectivity index (χ0v) is 14.8. The lowest BCUT2D eigenvalue weighted by atomic mass is 10.0. The van der Waals surface area contributed by atoms with Crippen LogP contribution in [0.1, 0.15) is 34.5 Å². The number of pyridine rings is 1. The highest BCUT2D eigenvalue weighted by Gasteiger charge is 2.22. The van der Waals surface area contributed by atoms with Gasteiger partial charge in [0.25, 0.3) is 5.91 Å². The molecule has 1 atom stereocenters. The first-order valence-corrected chi connectivity index (χ1v) is 8.50. The van der Waals surface area contributed by atoms with E-state index in [1.807, 2.05) is 24.3 Å². The van der Waals surface area contributed by atoms with Gasteiger partial charge in [-0.2, -0.15) is 9.83 Å². The number of aromatic nitrogens is 1. The molecule has 1 heterocycles. The number of benzene rings is 2. The molecule has 1 amide bonds. The Morgan fingerprint density at radius 2 is 1.52 bits per heavy atom. The summed E-state index contributed by atoms with van der Waals surface area (Å²) in [6.45, 7) is 1.78.